The summed E-state index contributed by atoms with van der Waals surface area (Å²) in [6, 6.07) is 7.29. The second-order valence-electron chi connectivity index (χ2n) is 3.93. The van der Waals surface area contributed by atoms with Gasteiger partial charge < -0.3 is 9.67 Å². The molecule has 0 spiro atoms. The molecule has 0 saturated heterocycles. The number of nitrogens with zero attached hydrogens (tertiary/aromatic N) is 2. The van der Waals surface area contributed by atoms with Crippen molar-refractivity contribution in [2.75, 3.05) is 0 Å². The van der Waals surface area contributed by atoms with Gasteiger partial charge in [-0.1, -0.05) is 12.1 Å². The molecule has 0 atom stereocenters. The molecule has 2 rings (SSSR count). The monoisotopic (exact) mass is 236 g/mol. The molecule has 0 aliphatic heterocycles. The van der Waals surface area contributed by atoms with Gasteiger partial charge in [0.15, 0.2) is 0 Å². The van der Waals surface area contributed by atoms with Gasteiger partial charge in [0.1, 0.15) is 5.75 Å². The summed E-state index contributed by atoms with van der Waals surface area (Å²) in [4.78, 5) is 4.09. The normalized spacial score (nSPS) is 11.0. The lowest BCUT2D eigenvalue weighted by Gasteiger charge is -2.13. The van der Waals surface area contributed by atoms with E-state index < -0.39 is 0 Å². The van der Waals surface area contributed by atoms with E-state index in [1.54, 1.807) is 24.4 Å². The average molecular weight is 237 g/mol. The lowest BCUT2D eigenvalue weighted by atomic mass is 10.1. The van der Waals surface area contributed by atoms with Gasteiger partial charge in [-0.15, -0.1) is 0 Å². The molecule has 16 heavy (non-hydrogen) atoms. The fourth-order valence-corrected chi connectivity index (χ4v) is 2.04. The van der Waals surface area contributed by atoms with Crippen molar-refractivity contribution in [1.82, 2.24) is 9.55 Å². The number of hydrogen-bond donors (Lipinski definition) is 1. The summed E-state index contributed by atoms with van der Waals surface area (Å²) in [6.45, 7) is 4.08. The minimum atomic E-state index is 0.229. The third kappa shape index (κ3) is 1.91. The number of aromatic hydroxyl groups is 1. The van der Waals surface area contributed by atoms with Gasteiger partial charge in [-0.25, -0.2) is 4.98 Å². The van der Waals surface area contributed by atoms with Crippen LogP contribution in [0.4, 0.5) is 0 Å². The smallest absolute Gasteiger partial charge is 0.203 e. The Hall–Kier alpha value is -1.48. The predicted octanol–water partition coefficient (Wildman–Crippen LogP) is 3.49. The zero-order valence-corrected chi connectivity index (χ0v) is 9.94. The number of phenols is 1. The summed E-state index contributed by atoms with van der Waals surface area (Å²) in [5.41, 5.74) is 1.82. The van der Waals surface area contributed by atoms with E-state index in [2.05, 4.69) is 4.98 Å². The first kappa shape index (κ1) is 11.0. The van der Waals surface area contributed by atoms with E-state index in [0.717, 1.165) is 11.3 Å². The molecule has 1 aromatic carbocycles. The number of hydrogen-bond acceptors (Lipinski definition) is 2. The Morgan fingerprint density at radius 3 is 2.75 bits per heavy atom. The molecule has 1 N–H and O–H groups in total. The topological polar surface area (TPSA) is 38.0 Å². The number of aromatic nitrogens is 2. The third-order valence-electron chi connectivity index (χ3n) is 2.41. The van der Waals surface area contributed by atoms with Crippen LogP contribution in [0.25, 0.3) is 11.3 Å². The van der Waals surface area contributed by atoms with Crippen LogP contribution in [-0.2, 0) is 0 Å². The quantitative estimate of drug-likeness (QED) is 0.867. The summed E-state index contributed by atoms with van der Waals surface area (Å²) in [5, 5.41) is 9.91. The zero-order chi connectivity index (χ0) is 11.7. The Bertz CT molecular complexity index is 505. The molecular weight excluding hydrogens is 224 g/mol. The van der Waals surface area contributed by atoms with Gasteiger partial charge in [0, 0.05) is 11.6 Å². The lowest BCUT2D eigenvalue weighted by Crippen LogP contribution is -2.02. The highest BCUT2D eigenvalue weighted by Gasteiger charge is 2.12. The number of halogens is 1. The Labute approximate surface area is 99.3 Å². The van der Waals surface area contributed by atoms with Crippen molar-refractivity contribution >= 4 is 11.6 Å². The Morgan fingerprint density at radius 1 is 1.38 bits per heavy atom. The van der Waals surface area contributed by atoms with Crippen LogP contribution in [0, 0.1) is 0 Å². The molecule has 4 heteroatoms. The molecule has 84 valence electrons. The van der Waals surface area contributed by atoms with Crippen molar-refractivity contribution in [3.05, 3.63) is 35.7 Å². The van der Waals surface area contributed by atoms with E-state index in [9.17, 15) is 5.11 Å². The van der Waals surface area contributed by atoms with Gasteiger partial charge >= 0.3 is 0 Å². The molecule has 0 amide bonds. The third-order valence-corrected chi connectivity index (χ3v) is 2.69. The van der Waals surface area contributed by atoms with Crippen LogP contribution in [0.15, 0.2) is 30.5 Å². The molecule has 0 saturated carbocycles. The molecule has 3 nitrogen and oxygen atoms in total. The van der Waals surface area contributed by atoms with E-state index >= 15 is 0 Å². The number of benzene rings is 1. The molecule has 0 unspecified atom stereocenters. The predicted molar refractivity (Wildman–Crippen MR) is 64.7 cm³/mol. The van der Waals surface area contributed by atoms with E-state index in [1.807, 2.05) is 24.5 Å². The van der Waals surface area contributed by atoms with Gasteiger partial charge in [0.05, 0.1) is 11.9 Å². The molecular formula is C12H13ClN2O. The standard InChI is InChI=1S/C12H13ClN2O/c1-8(2)15-11(7-14-12(15)13)9-4-3-5-10(16)6-9/h3-8,16H,1-2H3. The van der Waals surface area contributed by atoms with E-state index in [-0.39, 0.29) is 11.8 Å². The van der Waals surface area contributed by atoms with E-state index in [4.69, 9.17) is 11.6 Å². The molecule has 0 fully saturated rings. The van der Waals surface area contributed by atoms with Gasteiger partial charge in [-0.3, -0.25) is 0 Å². The van der Waals surface area contributed by atoms with E-state index in [0.29, 0.717) is 5.28 Å². The molecule has 0 aliphatic carbocycles. The Balaban J connectivity index is 2.56. The average Bonchev–Trinajstić information content (AvgIpc) is 2.60. The molecule has 0 bridgehead atoms. The van der Waals surface area contributed by atoms with Gasteiger partial charge in [-0.05, 0) is 37.6 Å². The summed E-state index contributed by atoms with van der Waals surface area (Å²) in [7, 11) is 0. The fraction of sp³-hybridized carbons (Fsp3) is 0.250. The van der Waals surface area contributed by atoms with Crippen LogP contribution in [0.1, 0.15) is 19.9 Å². The van der Waals surface area contributed by atoms with Gasteiger partial charge in [0.2, 0.25) is 5.28 Å². The van der Waals surface area contributed by atoms with Crippen LogP contribution in [-0.4, -0.2) is 14.7 Å². The van der Waals surface area contributed by atoms with Crippen LogP contribution < -0.4 is 0 Å². The van der Waals surface area contributed by atoms with Crippen molar-refractivity contribution < 1.29 is 5.11 Å². The fourth-order valence-electron chi connectivity index (χ4n) is 1.71. The number of phenolic OH excluding ortho intramolecular Hbond substituents is 1. The van der Waals surface area contributed by atoms with Crippen molar-refractivity contribution in [2.45, 2.75) is 19.9 Å². The first-order valence-electron chi connectivity index (χ1n) is 5.11. The molecule has 0 aliphatic rings. The van der Waals surface area contributed by atoms with Crippen molar-refractivity contribution in [3.8, 4) is 17.0 Å². The maximum absolute atomic E-state index is 9.45. The highest BCUT2D eigenvalue weighted by Crippen LogP contribution is 2.28. The van der Waals surface area contributed by atoms with Crippen LogP contribution in [0.5, 0.6) is 5.75 Å². The minimum absolute atomic E-state index is 0.229. The van der Waals surface area contributed by atoms with Crippen LogP contribution in [0.2, 0.25) is 5.28 Å². The molecule has 2 aromatic rings. The largest absolute Gasteiger partial charge is 0.508 e. The highest BCUT2D eigenvalue weighted by atomic mass is 35.5. The molecule has 0 radical (unpaired) electrons. The first-order valence-corrected chi connectivity index (χ1v) is 5.49. The SMILES string of the molecule is CC(C)n1c(-c2cccc(O)c2)cnc1Cl. The van der Waals surface area contributed by atoms with E-state index in [1.165, 1.54) is 0 Å². The summed E-state index contributed by atoms with van der Waals surface area (Å²) < 4.78 is 1.93. The van der Waals surface area contributed by atoms with Crippen LogP contribution >= 0.6 is 11.6 Å². The lowest BCUT2D eigenvalue weighted by molar-refractivity contribution is 0.475. The number of rotatable bonds is 2. The Kier molecular flexibility index (Phi) is 2.88. The Morgan fingerprint density at radius 2 is 2.12 bits per heavy atom. The summed E-state index contributed by atoms with van der Waals surface area (Å²) in [6.07, 6.45) is 1.72. The minimum Gasteiger partial charge on any atom is -0.508 e. The molecule has 1 aromatic heterocycles. The zero-order valence-electron chi connectivity index (χ0n) is 9.18. The van der Waals surface area contributed by atoms with Crippen molar-refractivity contribution in [1.29, 1.82) is 0 Å². The second-order valence-corrected chi connectivity index (χ2v) is 4.26. The highest BCUT2D eigenvalue weighted by molar-refractivity contribution is 6.28. The van der Waals surface area contributed by atoms with Crippen molar-refractivity contribution in [2.24, 2.45) is 0 Å². The van der Waals surface area contributed by atoms with Gasteiger partial charge in [0.25, 0.3) is 0 Å². The summed E-state index contributed by atoms with van der Waals surface area (Å²) in [5.74, 6) is 0.241. The maximum Gasteiger partial charge on any atom is 0.203 e. The van der Waals surface area contributed by atoms with Crippen LogP contribution in [0.3, 0.4) is 0 Å². The van der Waals surface area contributed by atoms with Crippen molar-refractivity contribution in [3.63, 3.8) is 0 Å². The summed E-state index contributed by atoms with van der Waals surface area (Å²) >= 11 is 6.02. The first-order chi connectivity index (χ1) is 7.59. The number of imidazole rings is 1. The second kappa shape index (κ2) is 4.18. The maximum atomic E-state index is 9.45. The van der Waals surface area contributed by atoms with Gasteiger partial charge in [-0.2, -0.15) is 0 Å². The molecule has 1 heterocycles.